The fourth-order valence-electron chi connectivity index (χ4n) is 4.00. The molecule has 3 rings (SSSR count). The van der Waals surface area contributed by atoms with Crippen molar-refractivity contribution in [3.05, 3.63) is 42.0 Å². The van der Waals surface area contributed by atoms with E-state index in [0.717, 1.165) is 5.56 Å². The Morgan fingerprint density at radius 3 is 2.03 bits per heavy atom. The van der Waals surface area contributed by atoms with Gasteiger partial charge in [0.05, 0.1) is 11.8 Å². The van der Waals surface area contributed by atoms with Gasteiger partial charge in [-0.05, 0) is 49.8 Å². The van der Waals surface area contributed by atoms with E-state index in [1.807, 2.05) is 45.1 Å². The second-order valence-electron chi connectivity index (χ2n) is 8.25. The van der Waals surface area contributed by atoms with Crippen molar-refractivity contribution >= 4 is 35.8 Å². The van der Waals surface area contributed by atoms with Crippen LogP contribution < -0.4 is 11.1 Å². The van der Waals surface area contributed by atoms with Crippen LogP contribution >= 0.6 is 12.4 Å². The van der Waals surface area contributed by atoms with E-state index in [0.29, 0.717) is 24.9 Å². The Morgan fingerprint density at radius 1 is 1.07 bits per heavy atom. The molecule has 1 heterocycles. The van der Waals surface area contributed by atoms with Gasteiger partial charge in [0.15, 0.2) is 0 Å². The lowest BCUT2D eigenvalue weighted by Crippen LogP contribution is -2.48. The number of benzene rings is 1. The van der Waals surface area contributed by atoms with Crippen LogP contribution in [0.3, 0.4) is 0 Å². The Bertz CT molecular complexity index is 763. The second-order valence-corrected chi connectivity index (χ2v) is 8.25. The van der Waals surface area contributed by atoms with E-state index in [-0.39, 0.29) is 53.9 Å². The van der Waals surface area contributed by atoms with Gasteiger partial charge in [-0.1, -0.05) is 38.1 Å². The van der Waals surface area contributed by atoms with Gasteiger partial charge in [-0.25, -0.2) is 0 Å². The van der Waals surface area contributed by atoms with Crippen LogP contribution in [0.1, 0.15) is 51.6 Å². The monoisotopic (exact) mass is 419 g/mol. The number of likely N-dealkylation sites (tertiary alicyclic amines) is 1. The molecule has 4 atom stereocenters. The molecule has 1 aromatic rings. The molecule has 0 radical (unpaired) electrons. The van der Waals surface area contributed by atoms with E-state index in [4.69, 9.17) is 5.73 Å². The highest BCUT2D eigenvalue weighted by atomic mass is 35.5. The number of imide groups is 1. The van der Waals surface area contributed by atoms with Gasteiger partial charge >= 0.3 is 0 Å². The lowest BCUT2D eigenvalue weighted by Gasteiger charge is -2.27. The van der Waals surface area contributed by atoms with Crippen molar-refractivity contribution in [1.29, 1.82) is 0 Å². The third kappa shape index (κ3) is 4.87. The van der Waals surface area contributed by atoms with E-state index in [2.05, 4.69) is 5.32 Å². The van der Waals surface area contributed by atoms with Crippen LogP contribution in [0.2, 0.25) is 0 Å². The molecule has 158 valence electrons. The summed E-state index contributed by atoms with van der Waals surface area (Å²) < 4.78 is 0. The van der Waals surface area contributed by atoms with Crippen molar-refractivity contribution in [3.63, 3.8) is 0 Å². The maximum atomic E-state index is 13.1. The first kappa shape index (κ1) is 23.1. The normalized spacial score (nSPS) is 22.9. The molecule has 29 heavy (non-hydrogen) atoms. The Morgan fingerprint density at radius 2 is 1.59 bits per heavy atom. The summed E-state index contributed by atoms with van der Waals surface area (Å²) in [7, 11) is 0. The van der Waals surface area contributed by atoms with Crippen LogP contribution in [0.15, 0.2) is 36.4 Å². The number of anilines is 1. The van der Waals surface area contributed by atoms with Gasteiger partial charge in [0.25, 0.3) is 0 Å². The highest BCUT2D eigenvalue weighted by Gasteiger charge is 2.51. The molecule has 1 aliphatic heterocycles. The average Bonchev–Trinajstić information content (AvgIpc) is 2.91. The van der Waals surface area contributed by atoms with Crippen molar-refractivity contribution < 1.29 is 14.4 Å². The Kier molecular flexibility index (Phi) is 7.60. The van der Waals surface area contributed by atoms with Gasteiger partial charge in [0.2, 0.25) is 17.7 Å². The van der Waals surface area contributed by atoms with Crippen LogP contribution in [0.4, 0.5) is 5.69 Å². The summed E-state index contributed by atoms with van der Waals surface area (Å²) in [6.45, 7) is 5.86. The number of rotatable bonds is 6. The topological polar surface area (TPSA) is 92.5 Å². The minimum Gasteiger partial charge on any atom is -0.324 e. The van der Waals surface area contributed by atoms with Crippen molar-refractivity contribution in [2.24, 2.45) is 23.5 Å². The molecular formula is C22H30ClN3O3. The summed E-state index contributed by atoms with van der Waals surface area (Å²) >= 11 is 0. The largest absolute Gasteiger partial charge is 0.324 e. The zero-order valence-corrected chi connectivity index (χ0v) is 17.9. The third-order valence-electron chi connectivity index (χ3n) is 5.55. The number of nitrogens with zero attached hydrogens (tertiary/aromatic N) is 1. The predicted octanol–water partition coefficient (Wildman–Crippen LogP) is 3.43. The first-order valence-electron chi connectivity index (χ1n) is 9.98. The fourth-order valence-corrected chi connectivity index (χ4v) is 4.00. The van der Waals surface area contributed by atoms with Crippen molar-refractivity contribution in [1.82, 2.24) is 4.90 Å². The summed E-state index contributed by atoms with van der Waals surface area (Å²) in [6, 6.07) is 6.43. The molecule has 1 aliphatic carbocycles. The molecule has 3 unspecified atom stereocenters. The zero-order chi connectivity index (χ0) is 20.4. The molecular weight excluding hydrogens is 390 g/mol. The Labute approximate surface area is 178 Å². The maximum absolute atomic E-state index is 13.1. The molecule has 0 bridgehead atoms. The fraction of sp³-hybridized carbons (Fsp3) is 0.500. The molecule has 1 fully saturated rings. The number of hydrogen-bond acceptors (Lipinski definition) is 4. The molecule has 0 aromatic heterocycles. The van der Waals surface area contributed by atoms with Crippen molar-refractivity contribution in [3.8, 4) is 0 Å². The molecule has 0 saturated carbocycles. The summed E-state index contributed by atoms with van der Waals surface area (Å²) in [4.78, 5) is 40.1. The molecule has 1 saturated heterocycles. The number of carbonyl (C=O) groups is 3. The first-order chi connectivity index (χ1) is 13.3. The minimum absolute atomic E-state index is 0. The molecule has 2 aliphatic rings. The van der Waals surface area contributed by atoms with Crippen LogP contribution in [0.25, 0.3) is 0 Å². The molecule has 3 N–H and O–H groups in total. The van der Waals surface area contributed by atoms with E-state index in [9.17, 15) is 14.4 Å². The first-order valence-corrected chi connectivity index (χ1v) is 9.98. The lowest BCUT2D eigenvalue weighted by atomic mass is 9.85. The van der Waals surface area contributed by atoms with E-state index in [1.54, 1.807) is 12.1 Å². The average molecular weight is 420 g/mol. The number of carbonyl (C=O) groups excluding carboxylic acids is 3. The van der Waals surface area contributed by atoms with Crippen molar-refractivity contribution in [2.75, 3.05) is 5.32 Å². The number of amides is 3. The lowest BCUT2D eigenvalue weighted by molar-refractivity contribution is -0.147. The quantitative estimate of drug-likeness (QED) is 0.545. The molecule has 1 aromatic carbocycles. The van der Waals surface area contributed by atoms with Gasteiger partial charge in [-0.3, -0.25) is 19.3 Å². The summed E-state index contributed by atoms with van der Waals surface area (Å²) in [5.41, 5.74) is 7.46. The number of hydrogen-bond donors (Lipinski definition) is 2. The van der Waals surface area contributed by atoms with Crippen molar-refractivity contribution in [2.45, 2.75) is 52.1 Å². The van der Waals surface area contributed by atoms with E-state index in [1.165, 1.54) is 4.90 Å². The minimum atomic E-state index is -0.793. The number of allylic oxidation sites excluding steroid dienone is 2. The highest BCUT2D eigenvalue weighted by molar-refractivity contribution is 6.10. The molecule has 6 nitrogen and oxygen atoms in total. The Balaban J connectivity index is 0.00000300. The van der Waals surface area contributed by atoms with Crippen LogP contribution in [-0.2, 0) is 14.4 Å². The van der Waals surface area contributed by atoms with Crippen LogP contribution in [0, 0.1) is 17.8 Å². The van der Waals surface area contributed by atoms with Gasteiger partial charge in [0.1, 0.15) is 6.04 Å². The van der Waals surface area contributed by atoms with Gasteiger partial charge in [-0.2, -0.15) is 0 Å². The van der Waals surface area contributed by atoms with Gasteiger partial charge < -0.3 is 11.1 Å². The highest BCUT2D eigenvalue weighted by Crippen LogP contribution is 2.37. The number of nitrogens with one attached hydrogen (secondary N) is 1. The van der Waals surface area contributed by atoms with Crippen LogP contribution in [0.5, 0.6) is 0 Å². The summed E-state index contributed by atoms with van der Waals surface area (Å²) in [5, 5.41) is 2.87. The molecule has 7 heteroatoms. The van der Waals surface area contributed by atoms with Crippen LogP contribution in [-0.4, -0.2) is 28.7 Å². The predicted molar refractivity (Wildman–Crippen MR) is 115 cm³/mol. The van der Waals surface area contributed by atoms with E-state index < -0.39 is 6.04 Å². The molecule has 0 spiro atoms. The summed E-state index contributed by atoms with van der Waals surface area (Å²) in [5.74, 6) is -1.25. The standard InChI is InChI=1S/C22H29N3O3.ClH/c1-13(2)12-19(20(26)24-16-10-8-15(9-11-16)14(3)23)25-21(27)17-6-4-5-7-18(17)22(25)28;/h4-5,8-11,13-14,17-19H,6-7,12,23H2,1-3H3,(H,24,26);1H/t14-,17?,18?,19?;/m0./s1. The molecule has 3 amide bonds. The maximum Gasteiger partial charge on any atom is 0.247 e. The Hall–Kier alpha value is -2.18. The number of halogens is 1. The SMILES string of the molecule is CC(C)CC(C(=O)Nc1ccc([C@H](C)N)cc1)N1C(=O)C2CC=CCC2C1=O.Cl. The smallest absolute Gasteiger partial charge is 0.247 e. The van der Waals surface area contributed by atoms with Gasteiger partial charge in [-0.15, -0.1) is 12.4 Å². The second kappa shape index (κ2) is 9.55. The third-order valence-corrected chi connectivity index (χ3v) is 5.55. The zero-order valence-electron chi connectivity index (χ0n) is 17.1. The summed E-state index contributed by atoms with van der Waals surface area (Å²) in [6.07, 6.45) is 5.48. The van der Waals surface area contributed by atoms with E-state index >= 15 is 0 Å². The van der Waals surface area contributed by atoms with Gasteiger partial charge in [0, 0.05) is 11.7 Å². The number of fused-ring (bicyclic) bond motifs is 1. The number of nitrogens with two attached hydrogens (primary N) is 1.